The minimum Gasteiger partial charge on any atom is -0.459 e. The first kappa shape index (κ1) is 14.2. The molecule has 1 aromatic carbocycles. The van der Waals surface area contributed by atoms with Crippen LogP contribution in [0.15, 0.2) is 52.1 Å². The molecule has 114 valence electrons. The highest BCUT2D eigenvalue weighted by Gasteiger charge is 2.08. The summed E-state index contributed by atoms with van der Waals surface area (Å²) in [5, 5.41) is 9.26. The Kier molecular flexibility index (Phi) is 4.38. The van der Waals surface area contributed by atoms with Crippen LogP contribution < -0.4 is 16.0 Å². The molecule has 2 aromatic rings. The van der Waals surface area contributed by atoms with E-state index in [9.17, 15) is 4.79 Å². The number of hydrogen-bond donors (Lipinski definition) is 3. The van der Waals surface area contributed by atoms with Crippen molar-refractivity contribution in [1.29, 1.82) is 0 Å². The summed E-state index contributed by atoms with van der Waals surface area (Å²) in [5.41, 5.74) is 1.85. The smallest absolute Gasteiger partial charge is 0.291 e. The van der Waals surface area contributed by atoms with Crippen LogP contribution in [0.1, 0.15) is 22.5 Å². The quantitative estimate of drug-likeness (QED) is 0.806. The van der Waals surface area contributed by atoms with Crippen molar-refractivity contribution in [1.82, 2.24) is 10.6 Å². The molecule has 1 aliphatic rings. The fraction of sp³-hybridized carbons (Fsp3) is 0.250. The van der Waals surface area contributed by atoms with E-state index in [1.54, 1.807) is 12.1 Å². The molecular formula is C16H18N4O2. The van der Waals surface area contributed by atoms with Crippen LogP contribution in [0.4, 0.5) is 5.69 Å². The second kappa shape index (κ2) is 6.80. The van der Waals surface area contributed by atoms with Crippen molar-refractivity contribution < 1.29 is 9.21 Å². The lowest BCUT2D eigenvalue weighted by molar-refractivity contribution is 0.0996. The lowest BCUT2D eigenvalue weighted by Gasteiger charge is -2.16. The lowest BCUT2D eigenvalue weighted by atomic mass is 10.2. The van der Waals surface area contributed by atoms with Crippen LogP contribution in [-0.4, -0.2) is 25.0 Å². The fourth-order valence-corrected chi connectivity index (χ4v) is 2.14. The van der Waals surface area contributed by atoms with Crippen LogP contribution in [0.5, 0.6) is 0 Å². The summed E-state index contributed by atoms with van der Waals surface area (Å²) >= 11 is 0. The summed E-state index contributed by atoms with van der Waals surface area (Å²) < 4.78 is 5.05. The van der Waals surface area contributed by atoms with Crippen molar-refractivity contribution >= 4 is 17.6 Å². The molecule has 1 aliphatic heterocycles. The zero-order valence-corrected chi connectivity index (χ0v) is 12.1. The molecule has 1 aromatic heterocycles. The van der Waals surface area contributed by atoms with Crippen LogP contribution in [0, 0.1) is 0 Å². The number of benzene rings is 1. The Balaban J connectivity index is 1.53. The third-order valence-corrected chi connectivity index (χ3v) is 3.31. The predicted octanol–water partition coefficient (Wildman–Crippen LogP) is 1.97. The number of furan rings is 1. The number of carbonyl (C=O) groups is 1. The van der Waals surface area contributed by atoms with Gasteiger partial charge in [0.25, 0.3) is 5.91 Å². The van der Waals surface area contributed by atoms with Gasteiger partial charge in [0.1, 0.15) is 0 Å². The van der Waals surface area contributed by atoms with Gasteiger partial charge in [0, 0.05) is 25.3 Å². The van der Waals surface area contributed by atoms with E-state index in [0.29, 0.717) is 12.3 Å². The minimum atomic E-state index is -0.253. The Labute approximate surface area is 128 Å². The number of hydrogen-bond acceptors (Lipinski definition) is 5. The molecule has 0 radical (unpaired) electrons. The van der Waals surface area contributed by atoms with Crippen molar-refractivity contribution in [2.45, 2.75) is 13.0 Å². The van der Waals surface area contributed by atoms with E-state index in [1.807, 2.05) is 24.3 Å². The molecule has 22 heavy (non-hydrogen) atoms. The van der Waals surface area contributed by atoms with Crippen LogP contribution in [0.2, 0.25) is 0 Å². The predicted molar refractivity (Wildman–Crippen MR) is 84.9 cm³/mol. The Morgan fingerprint density at radius 1 is 1.27 bits per heavy atom. The van der Waals surface area contributed by atoms with Crippen LogP contribution in [0.25, 0.3) is 0 Å². The Bertz CT molecular complexity index is 647. The van der Waals surface area contributed by atoms with Crippen LogP contribution in [0.3, 0.4) is 0 Å². The van der Waals surface area contributed by atoms with E-state index in [-0.39, 0.29) is 5.91 Å². The summed E-state index contributed by atoms with van der Waals surface area (Å²) in [7, 11) is 0. The molecule has 2 heterocycles. The molecule has 0 aliphatic carbocycles. The fourth-order valence-electron chi connectivity index (χ4n) is 2.14. The first-order valence-electron chi connectivity index (χ1n) is 7.27. The van der Waals surface area contributed by atoms with Gasteiger partial charge in [-0.3, -0.25) is 9.79 Å². The van der Waals surface area contributed by atoms with E-state index in [1.165, 1.54) is 6.26 Å². The number of guanidine groups is 1. The number of nitrogens with zero attached hydrogens (tertiary/aromatic N) is 1. The number of carbonyl (C=O) groups excluding carboxylic acids is 1. The molecule has 6 nitrogen and oxygen atoms in total. The van der Waals surface area contributed by atoms with E-state index in [0.717, 1.165) is 36.7 Å². The zero-order chi connectivity index (χ0) is 15.2. The number of aliphatic imine (C=N–C) groups is 1. The highest BCUT2D eigenvalue weighted by atomic mass is 16.3. The van der Waals surface area contributed by atoms with Gasteiger partial charge in [-0.25, -0.2) is 0 Å². The van der Waals surface area contributed by atoms with E-state index in [4.69, 9.17) is 4.42 Å². The van der Waals surface area contributed by atoms with E-state index < -0.39 is 0 Å². The van der Waals surface area contributed by atoms with Gasteiger partial charge in [-0.05, 0) is 36.2 Å². The number of nitrogens with one attached hydrogen (secondary N) is 3. The van der Waals surface area contributed by atoms with Crippen molar-refractivity contribution in [2.75, 3.05) is 18.4 Å². The zero-order valence-electron chi connectivity index (χ0n) is 12.1. The van der Waals surface area contributed by atoms with Gasteiger partial charge in [-0.15, -0.1) is 0 Å². The van der Waals surface area contributed by atoms with Crippen molar-refractivity contribution in [3.8, 4) is 0 Å². The van der Waals surface area contributed by atoms with Gasteiger partial charge in [-0.2, -0.15) is 0 Å². The normalized spacial score (nSPS) is 13.9. The third-order valence-electron chi connectivity index (χ3n) is 3.31. The van der Waals surface area contributed by atoms with Gasteiger partial charge in [0.05, 0.1) is 6.26 Å². The monoisotopic (exact) mass is 298 g/mol. The largest absolute Gasteiger partial charge is 0.459 e. The second-order valence-corrected chi connectivity index (χ2v) is 4.99. The molecule has 0 bridgehead atoms. The van der Waals surface area contributed by atoms with E-state index >= 15 is 0 Å². The number of anilines is 1. The average Bonchev–Trinajstić information content (AvgIpc) is 3.10. The molecule has 0 fully saturated rings. The van der Waals surface area contributed by atoms with Crippen LogP contribution >= 0.6 is 0 Å². The highest BCUT2D eigenvalue weighted by Crippen LogP contribution is 2.11. The third kappa shape index (κ3) is 3.66. The lowest BCUT2D eigenvalue weighted by Crippen LogP contribution is -2.40. The summed E-state index contributed by atoms with van der Waals surface area (Å²) in [6, 6.07) is 11.0. The molecule has 0 unspecified atom stereocenters. The van der Waals surface area contributed by atoms with Gasteiger partial charge in [0.15, 0.2) is 11.7 Å². The molecule has 0 saturated heterocycles. The van der Waals surface area contributed by atoms with Crippen molar-refractivity contribution in [2.24, 2.45) is 4.99 Å². The molecule has 6 heteroatoms. The maximum Gasteiger partial charge on any atom is 0.291 e. The summed E-state index contributed by atoms with van der Waals surface area (Å²) in [4.78, 5) is 16.2. The van der Waals surface area contributed by atoms with Gasteiger partial charge in [-0.1, -0.05) is 12.1 Å². The van der Waals surface area contributed by atoms with Gasteiger partial charge >= 0.3 is 0 Å². The first-order chi connectivity index (χ1) is 10.8. The summed E-state index contributed by atoms with van der Waals surface area (Å²) in [6.07, 6.45) is 2.56. The Hall–Kier alpha value is -2.76. The maximum absolute atomic E-state index is 11.9. The average molecular weight is 298 g/mol. The molecule has 0 saturated carbocycles. The summed E-state index contributed by atoms with van der Waals surface area (Å²) in [6.45, 7) is 2.52. The SMILES string of the molecule is O=C(Nc1ccc(CNC2=NCCCN2)cc1)c1ccco1. The molecular weight excluding hydrogens is 280 g/mol. The Morgan fingerprint density at radius 2 is 2.14 bits per heavy atom. The molecule has 0 spiro atoms. The van der Waals surface area contributed by atoms with Gasteiger partial charge in [0.2, 0.25) is 0 Å². The highest BCUT2D eigenvalue weighted by molar-refractivity contribution is 6.02. The molecule has 1 amide bonds. The molecule has 0 atom stereocenters. The first-order valence-corrected chi connectivity index (χ1v) is 7.27. The number of amides is 1. The maximum atomic E-state index is 11.9. The minimum absolute atomic E-state index is 0.253. The standard InChI is InChI=1S/C16H18N4O2/c21-15(14-3-1-10-22-14)20-13-6-4-12(5-7-13)11-19-16-17-8-2-9-18-16/h1,3-7,10H,2,8-9,11H2,(H,20,21)(H2,17,18,19). The molecule has 3 rings (SSSR count). The summed E-state index contributed by atoms with van der Waals surface area (Å²) in [5.74, 6) is 0.894. The van der Waals surface area contributed by atoms with Crippen molar-refractivity contribution in [3.05, 3.63) is 54.0 Å². The van der Waals surface area contributed by atoms with Crippen LogP contribution in [-0.2, 0) is 6.54 Å². The van der Waals surface area contributed by atoms with E-state index in [2.05, 4.69) is 20.9 Å². The number of rotatable bonds is 4. The second-order valence-electron chi connectivity index (χ2n) is 4.99. The topological polar surface area (TPSA) is 78.7 Å². The molecule has 3 N–H and O–H groups in total. The Morgan fingerprint density at radius 3 is 2.82 bits per heavy atom. The van der Waals surface area contributed by atoms with Gasteiger partial charge < -0.3 is 20.4 Å². The van der Waals surface area contributed by atoms with Crippen molar-refractivity contribution in [3.63, 3.8) is 0 Å².